The molecule has 0 fully saturated rings. The Bertz CT molecular complexity index is 809. The highest BCUT2D eigenvalue weighted by atomic mass is 32.2. The van der Waals surface area contributed by atoms with Crippen molar-refractivity contribution < 1.29 is 8.42 Å². The van der Waals surface area contributed by atoms with Crippen LogP contribution in [-0.4, -0.2) is 25.8 Å². The van der Waals surface area contributed by atoms with Crippen molar-refractivity contribution in [3.63, 3.8) is 0 Å². The molecule has 130 valence electrons. The minimum absolute atomic E-state index is 0.484. The van der Waals surface area contributed by atoms with E-state index in [4.69, 9.17) is 0 Å². The van der Waals surface area contributed by atoms with Gasteiger partial charge in [0, 0.05) is 18.5 Å². The summed E-state index contributed by atoms with van der Waals surface area (Å²) in [4.78, 5) is 0.484. The second-order valence-corrected chi connectivity index (χ2v) is 8.58. The SMILES string of the molecule is CCCCN(CCCC)S(=O)(=O)c1ccc2c3c(cccc13)CC2. The smallest absolute Gasteiger partial charge is 0.207 e. The summed E-state index contributed by atoms with van der Waals surface area (Å²) in [7, 11) is -3.44. The maximum absolute atomic E-state index is 13.3. The van der Waals surface area contributed by atoms with Crippen LogP contribution in [0.2, 0.25) is 0 Å². The van der Waals surface area contributed by atoms with Crippen LogP contribution in [0, 0.1) is 0 Å². The van der Waals surface area contributed by atoms with Gasteiger partial charge < -0.3 is 0 Å². The molecule has 3 nitrogen and oxygen atoms in total. The van der Waals surface area contributed by atoms with Crippen LogP contribution in [0.4, 0.5) is 0 Å². The van der Waals surface area contributed by atoms with E-state index in [2.05, 4.69) is 19.9 Å². The summed E-state index contributed by atoms with van der Waals surface area (Å²) >= 11 is 0. The summed E-state index contributed by atoms with van der Waals surface area (Å²) in [6.45, 7) is 5.43. The molecule has 0 aromatic heterocycles. The molecule has 0 amide bonds. The average Bonchev–Trinajstić information content (AvgIpc) is 3.00. The second-order valence-electron chi connectivity index (χ2n) is 6.67. The van der Waals surface area contributed by atoms with Crippen molar-refractivity contribution in [2.24, 2.45) is 0 Å². The molecule has 0 atom stereocenters. The van der Waals surface area contributed by atoms with Crippen LogP contribution >= 0.6 is 0 Å². The zero-order valence-corrected chi connectivity index (χ0v) is 15.5. The van der Waals surface area contributed by atoms with Crippen molar-refractivity contribution in [3.05, 3.63) is 41.5 Å². The highest BCUT2D eigenvalue weighted by Gasteiger charge is 2.27. The van der Waals surface area contributed by atoms with E-state index in [-0.39, 0.29) is 0 Å². The summed E-state index contributed by atoms with van der Waals surface area (Å²) in [6.07, 6.45) is 5.86. The second kappa shape index (κ2) is 7.24. The first kappa shape index (κ1) is 17.4. The molecular formula is C20H27NO2S. The number of benzene rings is 2. The van der Waals surface area contributed by atoms with Gasteiger partial charge in [-0.2, -0.15) is 4.31 Å². The van der Waals surface area contributed by atoms with Crippen LogP contribution in [0.15, 0.2) is 35.2 Å². The zero-order valence-electron chi connectivity index (χ0n) is 14.7. The lowest BCUT2D eigenvalue weighted by atomic mass is 10.1. The van der Waals surface area contributed by atoms with E-state index >= 15 is 0 Å². The number of hydrogen-bond acceptors (Lipinski definition) is 2. The van der Waals surface area contributed by atoms with E-state index < -0.39 is 10.0 Å². The Balaban J connectivity index is 2.07. The highest BCUT2D eigenvalue weighted by Crippen LogP contribution is 2.35. The van der Waals surface area contributed by atoms with E-state index in [9.17, 15) is 8.42 Å². The van der Waals surface area contributed by atoms with Crippen LogP contribution in [-0.2, 0) is 22.9 Å². The third-order valence-corrected chi connectivity index (χ3v) is 6.93. The predicted octanol–water partition coefficient (Wildman–Crippen LogP) is 4.53. The summed E-state index contributed by atoms with van der Waals surface area (Å²) in [6, 6.07) is 9.93. The maximum atomic E-state index is 13.3. The normalized spacial score (nSPS) is 14.0. The fourth-order valence-corrected chi connectivity index (χ4v) is 5.31. The topological polar surface area (TPSA) is 37.4 Å². The Morgan fingerprint density at radius 1 is 0.917 bits per heavy atom. The van der Waals surface area contributed by atoms with Gasteiger partial charge in [0.2, 0.25) is 10.0 Å². The fraction of sp³-hybridized carbons (Fsp3) is 0.500. The molecule has 0 unspecified atom stereocenters. The monoisotopic (exact) mass is 345 g/mol. The van der Waals surface area contributed by atoms with Crippen LogP contribution in [0.5, 0.6) is 0 Å². The number of rotatable bonds is 8. The van der Waals surface area contributed by atoms with Crippen LogP contribution < -0.4 is 0 Å². The van der Waals surface area contributed by atoms with E-state index in [0.717, 1.165) is 43.9 Å². The van der Waals surface area contributed by atoms with Crippen LogP contribution in [0.3, 0.4) is 0 Å². The van der Waals surface area contributed by atoms with E-state index in [1.165, 1.54) is 16.5 Å². The average molecular weight is 346 g/mol. The van der Waals surface area contributed by atoms with Gasteiger partial charge in [-0.05, 0) is 48.3 Å². The fourth-order valence-electron chi connectivity index (χ4n) is 3.61. The Labute approximate surface area is 145 Å². The van der Waals surface area contributed by atoms with E-state index in [1.54, 1.807) is 4.31 Å². The Morgan fingerprint density at radius 2 is 1.54 bits per heavy atom. The molecule has 0 radical (unpaired) electrons. The van der Waals surface area contributed by atoms with Gasteiger partial charge >= 0.3 is 0 Å². The first-order valence-corrected chi connectivity index (χ1v) is 10.6. The van der Waals surface area contributed by atoms with Gasteiger partial charge in [-0.3, -0.25) is 0 Å². The van der Waals surface area contributed by atoms with Crippen LogP contribution in [0.25, 0.3) is 10.8 Å². The minimum atomic E-state index is -3.44. The molecule has 2 aromatic carbocycles. The van der Waals surface area contributed by atoms with Crippen molar-refractivity contribution in [1.29, 1.82) is 0 Å². The molecule has 0 N–H and O–H groups in total. The lowest BCUT2D eigenvalue weighted by Gasteiger charge is -2.23. The maximum Gasteiger partial charge on any atom is 0.243 e. The quantitative estimate of drug-likeness (QED) is 0.705. The van der Waals surface area contributed by atoms with Gasteiger partial charge in [0.05, 0.1) is 4.90 Å². The summed E-state index contributed by atoms with van der Waals surface area (Å²) in [5, 5.41) is 2.07. The Morgan fingerprint density at radius 3 is 2.17 bits per heavy atom. The van der Waals surface area contributed by atoms with Crippen molar-refractivity contribution in [2.45, 2.75) is 57.3 Å². The van der Waals surface area contributed by atoms with Gasteiger partial charge in [0.1, 0.15) is 0 Å². The molecule has 0 saturated carbocycles. The molecule has 0 saturated heterocycles. The Kier molecular flexibility index (Phi) is 5.26. The van der Waals surface area contributed by atoms with E-state index in [0.29, 0.717) is 18.0 Å². The third-order valence-electron chi connectivity index (χ3n) is 4.98. The first-order chi connectivity index (χ1) is 11.6. The number of sulfonamides is 1. The highest BCUT2D eigenvalue weighted by molar-refractivity contribution is 7.89. The Hall–Kier alpha value is -1.39. The van der Waals surface area contributed by atoms with Gasteiger partial charge in [-0.1, -0.05) is 51.0 Å². The molecule has 24 heavy (non-hydrogen) atoms. The van der Waals surface area contributed by atoms with Crippen molar-refractivity contribution in [3.8, 4) is 0 Å². The van der Waals surface area contributed by atoms with Crippen molar-refractivity contribution in [1.82, 2.24) is 4.31 Å². The molecule has 0 bridgehead atoms. The molecule has 1 aliphatic carbocycles. The number of aryl methyl sites for hydroxylation is 2. The molecule has 4 heteroatoms. The molecule has 0 heterocycles. The number of hydrogen-bond donors (Lipinski definition) is 0. The van der Waals surface area contributed by atoms with Gasteiger partial charge in [0.15, 0.2) is 0 Å². The first-order valence-electron chi connectivity index (χ1n) is 9.13. The summed E-state index contributed by atoms with van der Waals surface area (Å²) < 4.78 is 28.3. The largest absolute Gasteiger partial charge is 0.243 e. The predicted molar refractivity (Wildman–Crippen MR) is 99.9 cm³/mol. The molecular weight excluding hydrogens is 318 g/mol. The third kappa shape index (κ3) is 3.09. The standard InChI is InChI=1S/C20H27NO2S/c1-3-5-14-21(15-6-4-2)24(22,23)19-13-12-17-11-10-16-8-7-9-18(19)20(16)17/h7-9,12-13H,3-6,10-11,14-15H2,1-2H3. The lowest BCUT2D eigenvalue weighted by Crippen LogP contribution is -2.33. The molecule has 2 aromatic rings. The van der Waals surface area contributed by atoms with E-state index in [1.807, 2.05) is 24.3 Å². The molecule has 0 aliphatic heterocycles. The zero-order chi connectivity index (χ0) is 17.2. The number of nitrogens with zero attached hydrogens (tertiary/aromatic N) is 1. The van der Waals surface area contributed by atoms with Crippen LogP contribution in [0.1, 0.15) is 50.7 Å². The van der Waals surface area contributed by atoms with Crippen molar-refractivity contribution >= 4 is 20.8 Å². The van der Waals surface area contributed by atoms with Gasteiger partial charge in [0.25, 0.3) is 0 Å². The molecule has 1 aliphatic rings. The summed E-state index contributed by atoms with van der Waals surface area (Å²) in [5.41, 5.74) is 2.57. The minimum Gasteiger partial charge on any atom is -0.207 e. The molecule has 3 rings (SSSR count). The molecule has 0 spiro atoms. The number of unbranched alkanes of at least 4 members (excludes halogenated alkanes) is 2. The summed E-state index contributed by atoms with van der Waals surface area (Å²) in [5.74, 6) is 0. The van der Waals surface area contributed by atoms with Gasteiger partial charge in [-0.25, -0.2) is 8.42 Å². The van der Waals surface area contributed by atoms with Crippen molar-refractivity contribution in [2.75, 3.05) is 13.1 Å². The lowest BCUT2D eigenvalue weighted by molar-refractivity contribution is 0.395. The van der Waals surface area contributed by atoms with Gasteiger partial charge in [-0.15, -0.1) is 0 Å².